The van der Waals surface area contributed by atoms with Gasteiger partial charge in [-0.15, -0.1) is 0 Å². The highest BCUT2D eigenvalue weighted by Gasteiger charge is 2.21. The zero-order valence-electron chi connectivity index (χ0n) is 12.5. The molecule has 0 saturated heterocycles. The molecule has 108 valence electrons. The fourth-order valence-electron chi connectivity index (χ4n) is 2.36. The molecule has 0 bridgehead atoms. The molecule has 0 spiro atoms. The Morgan fingerprint density at radius 3 is 2.72 bits per heavy atom. The molecule has 0 heterocycles. The molecule has 0 aliphatic heterocycles. The Balaban J connectivity index is 2.14. The van der Waals surface area contributed by atoms with E-state index in [0.717, 1.165) is 25.2 Å². The molecular weight excluding hydrogens is 226 g/mol. The summed E-state index contributed by atoms with van der Waals surface area (Å²) in [6.07, 6.45) is 5.93. The van der Waals surface area contributed by atoms with E-state index in [1.165, 1.54) is 12.8 Å². The number of aliphatic hydroxyl groups is 1. The zero-order chi connectivity index (χ0) is 13.6. The molecule has 2 N–H and O–H groups in total. The SMILES string of the molecule is CCC(C)(C)NCC(O)COC1CCCC(C)C1. The number of β-amino-alcohol motifs (C(OH)–C–C–N with tert-alkyl or cyclic N) is 1. The first-order valence-corrected chi connectivity index (χ1v) is 7.47. The van der Waals surface area contributed by atoms with E-state index in [9.17, 15) is 5.11 Å². The van der Waals surface area contributed by atoms with Crippen LogP contribution in [0.15, 0.2) is 0 Å². The van der Waals surface area contributed by atoms with Crippen LogP contribution in [0.3, 0.4) is 0 Å². The van der Waals surface area contributed by atoms with Crippen molar-refractivity contribution in [1.82, 2.24) is 5.32 Å². The third kappa shape index (κ3) is 6.17. The second-order valence-electron chi connectivity index (χ2n) is 6.50. The van der Waals surface area contributed by atoms with E-state index in [4.69, 9.17) is 4.74 Å². The minimum atomic E-state index is -0.395. The summed E-state index contributed by atoms with van der Waals surface area (Å²) in [6, 6.07) is 0. The Morgan fingerprint density at radius 2 is 2.11 bits per heavy atom. The van der Waals surface area contributed by atoms with Crippen LogP contribution < -0.4 is 5.32 Å². The van der Waals surface area contributed by atoms with Crippen LogP contribution >= 0.6 is 0 Å². The second-order valence-corrected chi connectivity index (χ2v) is 6.50. The lowest BCUT2D eigenvalue weighted by atomic mass is 9.89. The number of hydrogen-bond donors (Lipinski definition) is 2. The van der Waals surface area contributed by atoms with E-state index in [0.29, 0.717) is 19.3 Å². The lowest BCUT2D eigenvalue weighted by molar-refractivity contribution is -0.0320. The second kappa shape index (κ2) is 7.46. The van der Waals surface area contributed by atoms with Crippen LogP contribution in [-0.4, -0.2) is 36.0 Å². The van der Waals surface area contributed by atoms with Gasteiger partial charge in [0.1, 0.15) is 0 Å². The van der Waals surface area contributed by atoms with Gasteiger partial charge in [0.05, 0.1) is 18.8 Å². The molecule has 3 nitrogen and oxygen atoms in total. The first-order valence-electron chi connectivity index (χ1n) is 7.47. The molecule has 0 aromatic rings. The van der Waals surface area contributed by atoms with Crippen LogP contribution in [-0.2, 0) is 4.74 Å². The monoisotopic (exact) mass is 257 g/mol. The number of rotatable bonds is 7. The molecule has 3 heteroatoms. The molecule has 1 fully saturated rings. The van der Waals surface area contributed by atoms with Crippen molar-refractivity contribution in [2.24, 2.45) is 5.92 Å². The van der Waals surface area contributed by atoms with Crippen LogP contribution in [0.1, 0.15) is 59.8 Å². The first kappa shape index (κ1) is 15.9. The first-order chi connectivity index (χ1) is 8.43. The zero-order valence-corrected chi connectivity index (χ0v) is 12.5. The van der Waals surface area contributed by atoms with Crippen molar-refractivity contribution in [2.75, 3.05) is 13.2 Å². The Labute approximate surface area is 112 Å². The molecule has 1 aliphatic carbocycles. The number of aliphatic hydroxyl groups excluding tert-OH is 1. The van der Waals surface area contributed by atoms with Gasteiger partial charge in [-0.3, -0.25) is 0 Å². The molecular formula is C15H31NO2. The van der Waals surface area contributed by atoms with E-state index in [1.807, 2.05) is 0 Å². The highest BCUT2D eigenvalue weighted by molar-refractivity contribution is 4.77. The van der Waals surface area contributed by atoms with Crippen LogP contribution in [0.4, 0.5) is 0 Å². The van der Waals surface area contributed by atoms with Crippen molar-refractivity contribution in [3.8, 4) is 0 Å². The van der Waals surface area contributed by atoms with Gasteiger partial charge >= 0.3 is 0 Å². The maximum Gasteiger partial charge on any atom is 0.0898 e. The Hall–Kier alpha value is -0.120. The fourth-order valence-corrected chi connectivity index (χ4v) is 2.36. The van der Waals surface area contributed by atoms with E-state index < -0.39 is 6.10 Å². The van der Waals surface area contributed by atoms with Crippen LogP contribution in [0, 0.1) is 5.92 Å². The smallest absolute Gasteiger partial charge is 0.0898 e. The summed E-state index contributed by atoms with van der Waals surface area (Å²) in [5.41, 5.74) is 0.0976. The summed E-state index contributed by atoms with van der Waals surface area (Å²) in [5.74, 6) is 0.776. The molecule has 3 unspecified atom stereocenters. The quantitative estimate of drug-likeness (QED) is 0.737. The normalized spacial score (nSPS) is 27.2. The molecule has 1 aliphatic rings. The number of nitrogens with one attached hydrogen (secondary N) is 1. The van der Waals surface area contributed by atoms with Gasteiger partial charge in [0.25, 0.3) is 0 Å². The van der Waals surface area contributed by atoms with E-state index >= 15 is 0 Å². The van der Waals surface area contributed by atoms with Crippen molar-refractivity contribution in [2.45, 2.75) is 77.5 Å². The molecule has 0 aromatic carbocycles. The Kier molecular flexibility index (Phi) is 6.61. The largest absolute Gasteiger partial charge is 0.389 e. The van der Waals surface area contributed by atoms with Crippen LogP contribution in [0.5, 0.6) is 0 Å². The molecule has 0 amide bonds. The Morgan fingerprint density at radius 1 is 1.39 bits per heavy atom. The predicted molar refractivity (Wildman–Crippen MR) is 75.8 cm³/mol. The predicted octanol–water partition coefficient (Wildman–Crippen LogP) is 2.72. The van der Waals surface area contributed by atoms with Gasteiger partial charge in [0, 0.05) is 12.1 Å². The van der Waals surface area contributed by atoms with Crippen molar-refractivity contribution < 1.29 is 9.84 Å². The minimum Gasteiger partial charge on any atom is -0.389 e. The lowest BCUT2D eigenvalue weighted by Crippen LogP contribution is -2.44. The van der Waals surface area contributed by atoms with Gasteiger partial charge in [-0.2, -0.15) is 0 Å². The van der Waals surface area contributed by atoms with Crippen molar-refractivity contribution in [3.63, 3.8) is 0 Å². The summed E-state index contributed by atoms with van der Waals surface area (Å²) in [5, 5.41) is 13.3. The highest BCUT2D eigenvalue weighted by atomic mass is 16.5. The van der Waals surface area contributed by atoms with E-state index in [2.05, 4.69) is 33.0 Å². The van der Waals surface area contributed by atoms with Gasteiger partial charge in [0.15, 0.2) is 0 Å². The minimum absolute atomic E-state index is 0.0976. The Bertz CT molecular complexity index is 231. The highest BCUT2D eigenvalue weighted by Crippen LogP contribution is 2.25. The van der Waals surface area contributed by atoms with Crippen molar-refractivity contribution in [3.05, 3.63) is 0 Å². The molecule has 0 radical (unpaired) electrons. The third-order valence-electron chi connectivity index (χ3n) is 4.11. The summed E-state index contributed by atoms with van der Waals surface area (Å²) >= 11 is 0. The van der Waals surface area contributed by atoms with Gasteiger partial charge in [0.2, 0.25) is 0 Å². The van der Waals surface area contributed by atoms with Crippen LogP contribution in [0.25, 0.3) is 0 Å². The molecule has 3 atom stereocenters. The lowest BCUT2D eigenvalue weighted by Gasteiger charge is -2.29. The molecule has 1 rings (SSSR count). The summed E-state index contributed by atoms with van der Waals surface area (Å²) in [6.45, 7) is 9.83. The average Bonchev–Trinajstić information content (AvgIpc) is 2.34. The molecule has 1 saturated carbocycles. The third-order valence-corrected chi connectivity index (χ3v) is 4.11. The maximum absolute atomic E-state index is 9.92. The topological polar surface area (TPSA) is 41.5 Å². The van der Waals surface area contributed by atoms with E-state index in [-0.39, 0.29) is 5.54 Å². The number of hydrogen-bond acceptors (Lipinski definition) is 3. The van der Waals surface area contributed by atoms with E-state index in [1.54, 1.807) is 0 Å². The standard InChI is InChI=1S/C15H31NO2/c1-5-15(3,4)16-10-13(17)11-18-14-8-6-7-12(2)9-14/h12-14,16-17H,5-11H2,1-4H3. The maximum atomic E-state index is 9.92. The molecule has 0 aromatic heterocycles. The van der Waals surface area contributed by atoms with Gasteiger partial charge < -0.3 is 15.2 Å². The summed E-state index contributed by atoms with van der Waals surface area (Å²) < 4.78 is 5.82. The van der Waals surface area contributed by atoms with Crippen LogP contribution in [0.2, 0.25) is 0 Å². The van der Waals surface area contributed by atoms with Crippen molar-refractivity contribution in [1.29, 1.82) is 0 Å². The van der Waals surface area contributed by atoms with Gasteiger partial charge in [-0.25, -0.2) is 0 Å². The molecule has 18 heavy (non-hydrogen) atoms. The van der Waals surface area contributed by atoms with Gasteiger partial charge in [-0.05, 0) is 39.0 Å². The summed E-state index contributed by atoms with van der Waals surface area (Å²) in [4.78, 5) is 0. The average molecular weight is 257 g/mol. The van der Waals surface area contributed by atoms with Gasteiger partial charge in [-0.1, -0.05) is 26.7 Å². The summed E-state index contributed by atoms with van der Waals surface area (Å²) in [7, 11) is 0. The fraction of sp³-hybridized carbons (Fsp3) is 1.00. The van der Waals surface area contributed by atoms with Crippen molar-refractivity contribution >= 4 is 0 Å². The number of ether oxygens (including phenoxy) is 1.